The minimum absolute atomic E-state index is 0.0464. The zero-order valence-electron chi connectivity index (χ0n) is 27.5. The van der Waals surface area contributed by atoms with Gasteiger partial charge >= 0.3 is 32.5 Å². The molecule has 0 spiro atoms. The number of likely N-dealkylation sites (N-methyl/N-ethyl adjacent to an activating group) is 1. The highest BCUT2D eigenvalue weighted by atomic mass is 32.7. The van der Waals surface area contributed by atoms with Crippen molar-refractivity contribution in [2.45, 2.75) is 82.0 Å². The van der Waals surface area contributed by atoms with E-state index in [0.29, 0.717) is 5.56 Å². The lowest BCUT2D eigenvalue weighted by molar-refractivity contribution is -0.293. The summed E-state index contributed by atoms with van der Waals surface area (Å²) in [5.74, 6) is -2.97. The van der Waals surface area contributed by atoms with E-state index in [1.807, 2.05) is 0 Å². The van der Waals surface area contributed by atoms with Crippen molar-refractivity contribution in [2.24, 2.45) is 0 Å². The number of nitrogens with two attached hydrogens (primary N) is 1. The number of phosphoric ester groups is 1. The van der Waals surface area contributed by atoms with Crippen LogP contribution in [0.5, 0.6) is 0 Å². The molecule has 51 heavy (non-hydrogen) atoms. The van der Waals surface area contributed by atoms with Gasteiger partial charge in [-0.1, -0.05) is 12.2 Å². The summed E-state index contributed by atoms with van der Waals surface area (Å²) in [7, 11) is -2.44. The number of aliphatic hydroxyl groups is 2. The van der Waals surface area contributed by atoms with Crippen LogP contribution in [-0.4, -0.2) is 130 Å². The fraction of sp³-hybridized carbons (Fsp3) is 0.654. The molecule has 12 atom stereocenters. The second-order valence-corrected chi connectivity index (χ2v) is 16.0. The van der Waals surface area contributed by atoms with Crippen LogP contribution in [-0.2, 0) is 60.6 Å². The molecule has 5 N–H and O–H groups in total. The highest BCUT2D eigenvalue weighted by molar-refractivity contribution is 8.45. The Morgan fingerprint density at radius 1 is 1.06 bits per heavy atom. The number of halogens is 1. The molecule has 25 heteroatoms. The van der Waals surface area contributed by atoms with Gasteiger partial charge in [-0.05, 0) is 14.1 Å². The standard InChI is InChI=1S/C26H37FN4O17P2S/c1-10(32)40-7-14(27)21-23(43-11(2)33)19(36)24(44-12(3)34)26(46-21)47-49(37,38)48-50(39,51)42-8-15-17(31(4)5)18(35)20(45-15)13-6-41-22-16(13)29-9-30-25(22)28/h6,9,14-15,17-21,23-24,26,35-36H,7-8H2,1-5H3,(H,37,38)(H,39,51)(H2,28,29,30)/t14-,15+,17+,18+,19?,20-,21?,23?,24?,26?,50?/m0/s1. The largest absolute Gasteiger partial charge is 0.482 e. The Labute approximate surface area is 294 Å². The van der Waals surface area contributed by atoms with Gasteiger partial charge in [-0.25, -0.2) is 23.5 Å². The number of ether oxygens (including phenoxy) is 5. The molecule has 7 unspecified atom stereocenters. The zero-order chi connectivity index (χ0) is 38.0. The number of rotatable bonds is 14. The van der Waals surface area contributed by atoms with E-state index < -0.39 is 107 Å². The number of hydrogen-bond acceptors (Lipinski definition) is 20. The second-order valence-electron chi connectivity index (χ2n) is 11.5. The number of fused-ring (bicyclic) bond motifs is 1. The zero-order valence-corrected chi connectivity index (χ0v) is 30.2. The van der Waals surface area contributed by atoms with Crippen molar-refractivity contribution in [1.29, 1.82) is 0 Å². The first kappa shape index (κ1) is 41.0. The van der Waals surface area contributed by atoms with Gasteiger partial charge in [0.25, 0.3) is 0 Å². The van der Waals surface area contributed by atoms with E-state index >= 15 is 4.39 Å². The maximum absolute atomic E-state index is 15.2. The Kier molecular flexibility index (Phi) is 13.2. The summed E-state index contributed by atoms with van der Waals surface area (Å²) in [6.45, 7) is -3.75. The molecule has 2 aromatic rings. The summed E-state index contributed by atoms with van der Waals surface area (Å²) >= 11 is 3.74. The van der Waals surface area contributed by atoms with Crippen LogP contribution in [0.25, 0.3) is 11.1 Å². The summed E-state index contributed by atoms with van der Waals surface area (Å²) in [5.41, 5.74) is 6.57. The van der Waals surface area contributed by atoms with E-state index in [1.54, 1.807) is 19.0 Å². The van der Waals surface area contributed by atoms with Crippen LogP contribution < -0.4 is 5.73 Å². The van der Waals surface area contributed by atoms with E-state index in [0.717, 1.165) is 20.8 Å². The smallest absolute Gasteiger partial charge is 0.463 e. The number of anilines is 1. The number of aromatic nitrogens is 2. The van der Waals surface area contributed by atoms with Gasteiger partial charge in [0.15, 0.2) is 29.8 Å². The number of nitrogen functional groups attached to an aromatic ring is 1. The molecule has 0 saturated carbocycles. The Morgan fingerprint density at radius 2 is 1.71 bits per heavy atom. The molecule has 4 rings (SSSR count). The Balaban J connectivity index is 1.49. The molecular formula is C26H37FN4O17P2S. The number of esters is 3. The topological polar surface area (TPSA) is 288 Å². The lowest BCUT2D eigenvalue weighted by atomic mass is 9.95. The lowest BCUT2D eigenvalue weighted by Gasteiger charge is -2.43. The molecule has 2 aromatic heterocycles. The molecular weight excluding hydrogens is 753 g/mol. The molecule has 2 saturated heterocycles. The van der Waals surface area contributed by atoms with Crippen LogP contribution in [0.4, 0.5) is 10.2 Å². The van der Waals surface area contributed by atoms with Gasteiger partial charge in [-0.2, -0.15) is 4.31 Å². The van der Waals surface area contributed by atoms with Gasteiger partial charge in [0, 0.05) is 26.3 Å². The van der Waals surface area contributed by atoms with Crippen LogP contribution >= 0.6 is 26.9 Å². The van der Waals surface area contributed by atoms with Crippen LogP contribution in [0.1, 0.15) is 32.4 Å². The molecule has 0 aliphatic carbocycles. The highest BCUT2D eigenvalue weighted by Crippen LogP contribution is 2.66. The quantitative estimate of drug-likeness (QED) is 0.0757. The van der Waals surface area contributed by atoms with Gasteiger partial charge in [-0.15, -0.1) is 0 Å². The molecule has 4 heterocycles. The number of aliphatic hydroxyl groups excluding tert-OH is 2. The third-order valence-electron chi connectivity index (χ3n) is 7.48. The summed E-state index contributed by atoms with van der Waals surface area (Å²) in [6, 6.07) is -0.825. The molecule has 286 valence electrons. The highest BCUT2D eigenvalue weighted by Gasteiger charge is 2.55. The number of phosphoric acid groups is 1. The van der Waals surface area contributed by atoms with Crippen molar-refractivity contribution in [2.75, 3.05) is 33.0 Å². The van der Waals surface area contributed by atoms with E-state index in [-0.39, 0.29) is 16.9 Å². The predicted molar refractivity (Wildman–Crippen MR) is 169 cm³/mol. The molecule has 0 bridgehead atoms. The molecule has 2 aliphatic rings. The van der Waals surface area contributed by atoms with Gasteiger partial charge in [0.2, 0.25) is 6.29 Å². The number of carbonyl (C=O) groups is 3. The van der Waals surface area contributed by atoms with Crippen molar-refractivity contribution < 1.29 is 84.5 Å². The van der Waals surface area contributed by atoms with Crippen LogP contribution in [0.15, 0.2) is 17.0 Å². The normalized spacial score (nSPS) is 31.1. The number of furan rings is 1. The van der Waals surface area contributed by atoms with Crippen LogP contribution in [0.2, 0.25) is 0 Å². The summed E-state index contributed by atoms with van der Waals surface area (Å²) in [6.07, 6.45) is -13.7. The van der Waals surface area contributed by atoms with Crippen LogP contribution in [0.3, 0.4) is 0 Å². The third kappa shape index (κ3) is 10.0. The van der Waals surface area contributed by atoms with E-state index in [2.05, 4.69) is 27.0 Å². The SMILES string of the molecule is CC(=O)OC[C@H](F)C1OC(OP(=O)(O)OP(=O)(S)OC[C@H]2O[C@@H](c3coc4c(N)ncnc34)[C@H](O)[C@@H]2N(C)C)C(OC(C)=O)C(O)C1OC(C)=O. The third-order valence-corrected chi connectivity index (χ3v) is 11.1. The monoisotopic (exact) mass is 790 g/mol. The first-order valence-corrected chi connectivity index (χ1v) is 19.0. The maximum atomic E-state index is 15.2. The molecule has 0 radical (unpaired) electrons. The Bertz CT molecular complexity index is 1690. The Hall–Kier alpha value is -2.79. The number of thiol groups is 1. The summed E-state index contributed by atoms with van der Waals surface area (Å²) < 4.78 is 87.7. The minimum Gasteiger partial charge on any atom is -0.463 e. The molecule has 2 fully saturated rings. The van der Waals surface area contributed by atoms with E-state index in [9.17, 15) is 38.6 Å². The number of nitrogens with zero attached hydrogens (tertiary/aromatic N) is 3. The molecule has 0 aromatic carbocycles. The fourth-order valence-electron chi connectivity index (χ4n) is 5.51. The van der Waals surface area contributed by atoms with Crippen molar-refractivity contribution in [3.05, 3.63) is 18.2 Å². The first-order chi connectivity index (χ1) is 23.7. The van der Waals surface area contributed by atoms with Crippen molar-refractivity contribution in [3.8, 4) is 0 Å². The van der Waals surface area contributed by atoms with Crippen molar-refractivity contribution in [1.82, 2.24) is 14.9 Å². The average Bonchev–Trinajstić information content (AvgIpc) is 3.58. The van der Waals surface area contributed by atoms with Crippen molar-refractivity contribution in [3.63, 3.8) is 0 Å². The van der Waals surface area contributed by atoms with E-state index in [1.165, 1.54) is 12.6 Å². The molecule has 21 nitrogen and oxygen atoms in total. The van der Waals surface area contributed by atoms with Gasteiger partial charge in [0.05, 0.1) is 18.9 Å². The number of hydrogen-bond donors (Lipinski definition) is 5. The van der Waals surface area contributed by atoms with Gasteiger partial charge in [0.1, 0.15) is 49.0 Å². The summed E-state index contributed by atoms with van der Waals surface area (Å²) in [5, 5.41) is 22.1. The first-order valence-electron chi connectivity index (χ1n) is 14.8. The lowest BCUT2D eigenvalue weighted by Crippen LogP contribution is -2.63. The second kappa shape index (κ2) is 16.5. The maximum Gasteiger partial charge on any atom is 0.482 e. The molecule has 0 amide bonds. The number of carbonyl (C=O) groups excluding carboxylic acids is 3. The van der Waals surface area contributed by atoms with Gasteiger partial charge in [-0.3, -0.25) is 23.4 Å². The molecule has 2 aliphatic heterocycles. The minimum atomic E-state index is -5.66. The average molecular weight is 791 g/mol. The van der Waals surface area contributed by atoms with Crippen molar-refractivity contribution >= 4 is 61.7 Å². The Morgan fingerprint density at radius 3 is 2.31 bits per heavy atom. The fourth-order valence-corrected chi connectivity index (χ4v) is 8.69. The summed E-state index contributed by atoms with van der Waals surface area (Å²) in [4.78, 5) is 54.9. The predicted octanol–water partition coefficient (Wildman–Crippen LogP) is 0.575. The van der Waals surface area contributed by atoms with Crippen LogP contribution in [0, 0.1) is 0 Å². The van der Waals surface area contributed by atoms with E-state index in [4.69, 9.17) is 42.5 Å². The number of alkyl halides is 1. The van der Waals surface area contributed by atoms with Gasteiger partial charge < -0.3 is 53.8 Å².